The highest BCUT2D eigenvalue weighted by molar-refractivity contribution is 5.67. The summed E-state index contributed by atoms with van der Waals surface area (Å²) in [5, 5.41) is 6.10. The van der Waals surface area contributed by atoms with Gasteiger partial charge in [-0.05, 0) is 0 Å². The number of hydrogen-bond donors (Lipinski definition) is 2. The Kier molecular flexibility index (Phi) is 1.68. The van der Waals surface area contributed by atoms with E-state index in [0.717, 1.165) is 18.2 Å². The van der Waals surface area contributed by atoms with Gasteiger partial charge in [0.25, 0.3) is 0 Å². The molecule has 0 aliphatic carbocycles. The van der Waals surface area contributed by atoms with E-state index >= 15 is 0 Å². The lowest BCUT2D eigenvalue weighted by Gasteiger charge is -1.91. The third-order valence-electron chi connectivity index (χ3n) is 1.25. The fraction of sp³-hybridized carbons (Fsp3) is 0.200. The second-order valence-electron chi connectivity index (χ2n) is 1.82. The van der Waals surface area contributed by atoms with Crippen molar-refractivity contribution in [2.75, 3.05) is 17.3 Å². The largest absolute Gasteiger partial charge is 0.412 e. The molecule has 1 aliphatic rings. The molecule has 54 valence electrons. The van der Waals surface area contributed by atoms with Crippen LogP contribution in [0.3, 0.4) is 0 Å². The van der Waals surface area contributed by atoms with Gasteiger partial charge in [-0.25, -0.2) is 9.97 Å². The molecular weight excluding hydrogens is 132 g/mol. The molecule has 5 nitrogen and oxygen atoms in total. The van der Waals surface area contributed by atoms with Crippen LogP contribution in [0, 0.1) is 0 Å². The number of fused-ring (bicyclic) bond motifs is 1. The lowest BCUT2D eigenvalue weighted by atomic mass is 10.5. The lowest BCUT2D eigenvalue weighted by molar-refractivity contribution is 0.824. The summed E-state index contributed by atoms with van der Waals surface area (Å²) in [6.07, 6.45) is 3.28. The molecule has 1 aliphatic heterocycles. The highest BCUT2D eigenvalue weighted by Crippen LogP contribution is 2.19. The predicted molar refractivity (Wildman–Crippen MR) is 37.8 cm³/mol. The van der Waals surface area contributed by atoms with Crippen LogP contribution in [0.25, 0.3) is 0 Å². The molecule has 0 atom stereocenters. The first-order valence-electron chi connectivity index (χ1n) is 2.74. The van der Waals surface area contributed by atoms with Gasteiger partial charge in [0.15, 0.2) is 5.82 Å². The van der Waals surface area contributed by atoms with Crippen LogP contribution in [-0.2, 0) is 0 Å². The average molecular weight is 140 g/mol. The Hall–Kier alpha value is -1.36. The molecule has 4 N–H and O–H groups in total. The lowest BCUT2D eigenvalue weighted by Crippen LogP contribution is -1.99. The zero-order chi connectivity index (χ0) is 6.10. The highest BCUT2D eigenvalue weighted by Gasteiger charge is 2.07. The number of nitrogens with zero attached hydrogens (tertiary/aromatic N) is 2. The van der Waals surface area contributed by atoms with E-state index in [4.69, 9.17) is 0 Å². The van der Waals surface area contributed by atoms with E-state index in [1.165, 1.54) is 6.33 Å². The molecule has 0 saturated carbocycles. The Morgan fingerprint density at radius 3 is 3.10 bits per heavy atom. The predicted octanol–water partition coefficient (Wildman–Crippen LogP) is -0.553. The van der Waals surface area contributed by atoms with Crippen molar-refractivity contribution in [2.45, 2.75) is 0 Å². The van der Waals surface area contributed by atoms with E-state index in [-0.39, 0.29) is 5.48 Å². The number of anilines is 2. The number of rotatable bonds is 0. The van der Waals surface area contributed by atoms with E-state index in [1.807, 2.05) is 0 Å². The topological polar surface area (TPSA) is 81.3 Å². The van der Waals surface area contributed by atoms with Crippen LogP contribution in [0.15, 0.2) is 12.5 Å². The van der Waals surface area contributed by atoms with E-state index in [2.05, 4.69) is 20.6 Å². The molecule has 0 aromatic carbocycles. The Morgan fingerprint density at radius 2 is 2.30 bits per heavy atom. The summed E-state index contributed by atoms with van der Waals surface area (Å²) < 4.78 is 0. The summed E-state index contributed by atoms with van der Waals surface area (Å²) >= 11 is 0. The Morgan fingerprint density at radius 1 is 1.40 bits per heavy atom. The van der Waals surface area contributed by atoms with Crippen molar-refractivity contribution < 1.29 is 5.48 Å². The monoisotopic (exact) mass is 140 g/mol. The molecule has 0 spiro atoms. The Labute approximate surface area is 57.8 Å². The molecule has 0 radical (unpaired) electrons. The van der Waals surface area contributed by atoms with Crippen molar-refractivity contribution in [2.24, 2.45) is 0 Å². The third kappa shape index (κ3) is 0.863. The second-order valence-corrected chi connectivity index (χ2v) is 1.82. The molecule has 0 saturated heterocycles. The zero-order valence-electron chi connectivity index (χ0n) is 5.26. The molecule has 2 rings (SSSR count). The summed E-state index contributed by atoms with van der Waals surface area (Å²) in [5.41, 5.74) is 0.984. The number of aromatic nitrogens is 2. The summed E-state index contributed by atoms with van der Waals surface area (Å²) in [7, 11) is 0. The van der Waals surface area contributed by atoms with Crippen molar-refractivity contribution in [3.8, 4) is 0 Å². The molecule has 1 aromatic heterocycles. The van der Waals surface area contributed by atoms with Gasteiger partial charge in [-0.15, -0.1) is 0 Å². The maximum absolute atomic E-state index is 3.97. The number of hydrogen-bond acceptors (Lipinski definition) is 4. The molecule has 2 heterocycles. The molecule has 0 amide bonds. The maximum Gasteiger partial charge on any atom is 0.154 e. The van der Waals surface area contributed by atoms with Crippen LogP contribution in [0.1, 0.15) is 0 Å². The maximum atomic E-state index is 3.97. The molecule has 10 heavy (non-hydrogen) atoms. The van der Waals surface area contributed by atoms with Crippen LogP contribution in [0.2, 0.25) is 0 Å². The van der Waals surface area contributed by atoms with Gasteiger partial charge >= 0.3 is 0 Å². The Bertz CT molecular complexity index is 204. The van der Waals surface area contributed by atoms with Crippen molar-refractivity contribution in [1.29, 1.82) is 0 Å². The molecule has 5 heteroatoms. The van der Waals surface area contributed by atoms with E-state index in [1.54, 1.807) is 6.20 Å². The summed E-state index contributed by atoms with van der Waals surface area (Å²) in [5.74, 6) is 0.894. The molecule has 0 fully saturated rings. The van der Waals surface area contributed by atoms with Crippen LogP contribution in [-0.4, -0.2) is 22.1 Å². The van der Waals surface area contributed by atoms with Crippen LogP contribution in [0.4, 0.5) is 11.5 Å². The van der Waals surface area contributed by atoms with Gasteiger partial charge < -0.3 is 16.1 Å². The first kappa shape index (κ1) is 6.76. The van der Waals surface area contributed by atoms with Gasteiger partial charge in [-0.3, -0.25) is 0 Å². The smallest absolute Gasteiger partial charge is 0.154 e. The molecular formula is C5H8N4O. The zero-order valence-corrected chi connectivity index (χ0v) is 5.26. The van der Waals surface area contributed by atoms with E-state index in [9.17, 15) is 0 Å². The van der Waals surface area contributed by atoms with Crippen molar-refractivity contribution in [3.63, 3.8) is 0 Å². The fourth-order valence-electron chi connectivity index (χ4n) is 0.823. The molecule has 1 aromatic rings. The minimum Gasteiger partial charge on any atom is -0.412 e. The summed E-state index contributed by atoms with van der Waals surface area (Å²) in [6, 6.07) is 0. The van der Waals surface area contributed by atoms with Crippen molar-refractivity contribution in [1.82, 2.24) is 9.97 Å². The van der Waals surface area contributed by atoms with Crippen molar-refractivity contribution >= 4 is 11.5 Å². The minimum atomic E-state index is 0. The fourth-order valence-corrected chi connectivity index (χ4v) is 0.823. The SMILES string of the molecule is O.c1ncc2c(n1)NCN2. The van der Waals surface area contributed by atoms with Gasteiger partial charge in [-0.2, -0.15) is 0 Å². The van der Waals surface area contributed by atoms with E-state index < -0.39 is 0 Å². The minimum absolute atomic E-state index is 0. The second kappa shape index (κ2) is 2.49. The molecule has 0 bridgehead atoms. The van der Waals surface area contributed by atoms with Gasteiger partial charge in [-0.1, -0.05) is 0 Å². The first-order valence-corrected chi connectivity index (χ1v) is 2.74. The average Bonchev–Trinajstić information content (AvgIpc) is 2.33. The third-order valence-corrected chi connectivity index (χ3v) is 1.25. The van der Waals surface area contributed by atoms with Crippen LogP contribution < -0.4 is 10.6 Å². The Balaban J connectivity index is 0.000000500. The normalized spacial score (nSPS) is 12.4. The van der Waals surface area contributed by atoms with Crippen molar-refractivity contribution in [3.05, 3.63) is 12.5 Å². The van der Waals surface area contributed by atoms with Gasteiger partial charge in [0.05, 0.1) is 18.6 Å². The number of nitrogens with one attached hydrogen (secondary N) is 2. The highest BCUT2D eigenvalue weighted by atomic mass is 16.0. The van der Waals surface area contributed by atoms with Gasteiger partial charge in [0, 0.05) is 0 Å². The van der Waals surface area contributed by atoms with Gasteiger partial charge in [0.1, 0.15) is 6.33 Å². The van der Waals surface area contributed by atoms with Gasteiger partial charge in [0.2, 0.25) is 0 Å². The van der Waals surface area contributed by atoms with E-state index in [0.29, 0.717) is 0 Å². The quantitative estimate of drug-likeness (QED) is 0.506. The summed E-state index contributed by atoms with van der Waals surface area (Å²) in [6.45, 7) is 0.758. The standard InChI is InChI=1S/C5H6N4.H2O/c1-4-5(8-2-6-1)9-3-7-4;/h1-2,7H,3H2,(H,6,8,9);1H2. The summed E-state index contributed by atoms with van der Waals surface area (Å²) in [4.78, 5) is 7.82. The first-order chi connectivity index (χ1) is 4.47. The molecule has 0 unspecified atom stereocenters. The van der Waals surface area contributed by atoms with Crippen LogP contribution in [0.5, 0.6) is 0 Å². The van der Waals surface area contributed by atoms with Crippen LogP contribution >= 0.6 is 0 Å².